The Morgan fingerprint density at radius 1 is 1.18 bits per heavy atom. The zero-order chi connectivity index (χ0) is 15.7. The summed E-state index contributed by atoms with van der Waals surface area (Å²) in [6, 6.07) is 1.52. The minimum Gasteiger partial charge on any atom is -0.481 e. The summed E-state index contributed by atoms with van der Waals surface area (Å²) in [5.41, 5.74) is 1.68. The fourth-order valence-corrected chi connectivity index (χ4v) is 2.61. The van der Waals surface area contributed by atoms with Crippen LogP contribution in [0.2, 0.25) is 0 Å². The van der Waals surface area contributed by atoms with Crippen LogP contribution in [-0.2, 0) is 12.8 Å². The summed E-state index contributed by atoms with van der Waals surface area (Å²) in [5.74, 6) is -0.345. The third-order valence-electron chi connectivity index (χ3n) is 3.63. The van der Waals surface area contributed by atoms with Gasteiger partial charge in [-0.25, -0.2) is 4.79 Å². The van der Waals surface area contributed by atoms with Gasteiger partial charge < -0.3 is 14.6 Å². The van der Waals surface area contributed by atoms with Gasteiger partial charge in [0.1, 0.15) is 0 Å². The Balaban J connectivity index is 2.19. The van der Waals surface area contributed by atoms with Gasteiger partial charge in [0, 0.05) is 5.56 Å². The highest BCUT2D eigenvalue weighted by molar-refractivity contribution is 5.88. The maximum atomic E-state index is 11.7. The topological polar surface area (TPSA) is 99.4 Å². The van der Waals surface area contributed by atoms with Gasteiger partial charge in [-0.3, -0.25) is 0 Å². The lowest BCUT2D eigenvalue weighted by Gasteiger charge is -2.09. The van der Waals surface area contributed by atoms with Crippen LogP contribution in [0.25, 0.3) is 5.95 Å². The van der Waals surface area contributed by atoms with E-state index in [9.17, 15) is 9.90 Å². The molecule has 2 aromatic rings. The molecule has 0 spiro atoms. The summed E-state index contributed by atoms with van der Waals surface area (Å²) in [6.45, 7) is 0. The van der Waals surface area contributed by atoms with Crippen molar-refractivity contribution in [3.63, 3.8) is 0 Å². The minimum atomic E-state index is -1.04. The second-order valence-corrected chi connectivity index (χ2v) is 4.95. The smallest absolute Gasteiger partial charge is 0.355 e. The lowest BCUT2D eigenvalue weighted by molar-refractivity contribution is 0.0685. The zero-order valence-electron chi connectivity index (χ0n) is 12.4. The molecule has 0 amide bonds. The molecular formula is C14H16N4O4. The molecule has 1 aliphatic carbocycles. The fraction of sp³-hybridized carbons (Fsp3) is 0.429. The zero-order valence-corrected chi connectivity index (χ0v) is 12.4. The first kappa shape index (κ1) is 14.3. The molecule has 2 heterocycles. The van der Waals surface area contributed by atoms with Gasteiger partial charge in [0.2, 0.25) is 11.8 Å². The predicted molar refractivity (Wildman–Crippen MR) is 75.9 cm³/mol. The number of carbonyl (C=O) groups is 1. The van der Waals surface area contributed by atoms with Crippen molar-refractivity contribution >= 4 is 5.97 Å². The first-order valence-corrected chi connectivity index (χ1v) is 6.95. The lowest BCUT2D eigenvalue weighted by atomic mass is 9.96. The first-order valence-electron chi connectivity index (χ1n) is 6.95. The van der Waals surface area contributed by atoms with Crippen molar-refractivity contribution < 1.29 is 19.4 Å². The standard InChI is InChI=1S/C14H16N4O4/c1-21-10-7-11(22-2)16-14(15-10)18-12(13(19)20)8-5-3-4-6-9(8)17-18/h7H,3-6H2,1-2H3,(H,19,20). The molecule has 0 fully saturated rings. The van der Waals surface area contributed by atoms with E-state index in [0.29, 0.717) is 6.42 Å². The Morgan fingerprint density at radius 3 is 2.41 bits per heavy atom. The van der Waals surface area contributed by atoms with Gasteiger partial charge in [-0.2, -0.15) is 19.7 Å². The van der Waals surface area contributed by atoms with Crippen LogP contribution >= 0.6 is 0 Å². The average Bonchev–Trinajstić information content (AvgIpc) is 2.94. The van der Waals surface area contributed by atoms with Crippen LogP contribution < -0.4 is 9.47 Å². The van der Waals surface area contributed by atoms with Crippen LogP contribution in [0.1, 0.15) is 34.6 Å². The van der Waals surface area contributed by atoms with Crippen LogP contribution in [0.4, 0.5) is 0 Å². The van der Waals surface area contributed by atoms with E-state index in [4.69, 9.17) is 9.47 Å². The van der Waals surface area contributed by atoms with E-state index in [1.807, 2.05) is 0 Å². The lowest BCUT2D eigenvalue weighted by Crippen LogP contribution is -2.13. The molecule has 22 heavy (non-hydrogen) atoms. The Morgan fingerprint density at radius 2 is 1.82 bits per heavy atom. The normalized spacial score (nSPS) is 13.5. The molecule has 1 aliphatic rings. The van der Waals surface area contributed by atoms with Crippen molar-refractivity contribution in [2.75, 3.05) is 14.2 Å². The second-order valence-electron chi connectivity index (χ2n) is 4.95. The van der Waals surface area contributed by atoms with Crippen LogP contribution in [0, 0.1) is 0 Å². The molecule has 0 aliphatic heterocycles. The largest absolute Gasteiger partial charge is 0.481 e. The summed E-state index contributed by atoms with van der Waals surface area (Å²) in [6.07, 6.45) is 3.44. The molecule has 0 atom stereocenters. The average molecular weight is 304 g/mol. The molecule has 3 rings (SSSR count). The third-order valence-corrected chi connectivity index (χ3v) is 3.63. The number of ether oxygens (including phenoxy) is 2. The summed E-state index contributed by atoms with van der Waals surface area (Å²) in [4.78, 5) is 20.0. The third kappa shape index (κ3) is 2.36. The predicted octanol–water partition coefficient (Wildman–Crippen LogP) is 1.26. The number of rotatable bonds is 4. The monoisotopic (exact) mass is 304 g/mol. The van der Waals surface area contributed by atoms with E-state index in [2.05, 4.69) is 15.1 Å². The van der Waals surface area contributed by atoms with E-state index < -0.39 is 5.97 Å². The quantitative estimate of drug-likeness (QED) is 0.907. The van der Waals surface area contributed by atoms with Gasteiger partial charge in [-0.15, -0.1) is 0 Å². The number of hydrogen-bond acceptors (Lipinski definition) is 6. The van der Waals surface area contributed by atoms with Gasteiger partial charge in [0.15, 0.2) is 5.69 Å². The number of nitrogens with zero attached hydrogens (tertiary/aromatic N) is 4. The van der Waals surface area contributed by atoms with Crippen LogP contribution in [0.5, 0.6) is 11.8 Å². The Bertz CT molecular complexity index is 704. The first-order chi connectivity index (χ1) is 10.6. The molecule has 0 radical (unpaired) electrons. The maximum absolute atomic E-state index is 11.7. The van der Waals surface area contributed by atoms with Crippen LogP contribution in [0.15, 0.2) is 6.07 Å². The van der Waals surface area contributed by atoms with Gasteiger partial charge in [-0.05, 0) is 25.7 Å². The van der Waals surface area contributed by atoms with Crippen molar-refractivity contribution in [1.82, 2.24) is 19.7 Å². The number of aromatic nitrogens is 4. The van der Waals surface area contributed by atoms with E-state index in [0.717, 1.165) is 30.5 Å². The van der Waals surface area contributed by atoms with Crippen LogP contribution in [-0.4, -0.2) is 45.0 Å². The maximum Gasteiger partial charge on any atom is 0.355 e. The summed E-state index contributed by atoms with van der Waals surface area (Å²) in [7, 11) is 2.94. The molecule has 8 nitrogen and oxygen atoms in total. The molecule has 1 N–H and O–H groups in total. The van der Waals surface area contributed by atoms with Gasteiger partial charge in [-0.1, -0.05) is 0 Å². The summed E-state index contributed by atoms with van der Waals surface area (Å²) < 4.78 is 11.5. The van der Waals surface area contributed by atoms with Crippen molar-refractivity contribution in [3.8, 4) is 17.7 Å². The Kier molecular flexibility index (Phi) is 3.66. The Hall–Kier alpha value is -2.64. The van der Waals surface area contributed by atoms with Gasteiger partial charge in [0.05, 0.1) is 26.0 Å². The Labute approximate surface area is 126 Å². The van der Waals surface area contributed by atoms with Crippen LogP contribution in [0.3, 0.4) is 0 Å². The number of hydrogen-bond donors (Lipinski definition) is 1. The number of fused-ring (bicyclic) bond motifs is 1. The number of carboxylic acids is 1. The molecular weight excluding hydrogens is 288 g/mol. The molecule has 0 bridgehead atoms. The van der Waals surface area contributed by atoms with Crippen molar-refractivity contribution in [1.29, 1.82) is 0 Å². The molecule has 2 aromatic heterocycles. The second kappa shape index (κ2) is 5.63. The number of methoxy groups -OCH3 is 2. The molecule has 0 saturated carbocycles. The SMILES string of the molecule is COc1cc(OC)nc(-n2nc3c(c2C(=O)O)CCCC3)n1. The molecule has 0 unspecified atom stereocenters. The fourth-order valence-electron chi connectivity index (χ4n) is 2.61. The van der Waals surface area contributed by atoms with E-state index >= 15 is 0 Å². The molecule has 8 heteroatoms. The molecule has 116 valence electrons. The number of aromatic carboxylic acids is 1. The van der Waals surface area contributed by atoms with Crippen molar-refractivity contribution in [3.05, 3.63) is 23.0 Å². The summed E-state index contributed by atoms with van der Waals surface area (Å²) >= 11 is 0. The minimum absolute atomic E-state index is 0.116. The highest BCUT2D eigenvalue weighted by Gasteiger charge is 2.27. The van der Waals surface area contributed by atoms with E-state index in [1.165, 1.54) is 25.0 Å². The van der Waals surface area contributed by atoms with Crippen molar-refractivity contribution in [2.45, 2.75) is 25.7 Å². The molecule has 0 aromatic carbocycles. The summed E-state index contributed by atoms with van der Waals surface area (Å²) in [5, 5.41) is 13.9. The van der Waals surface area contributed by atoms with Crippen molar-refractivity contribution in [2.24, 2.45) is 0 Å². The van der Waals surface area contributed by atoms with E-state index in [1.54, 1.807) is 0 Å². The van der Waals surface area contributed by atoms with Gasteiger partial charge in [0.25, 0.3) is 5.95 Å². The van der Waals surface area contributed by atoms with Gasteiger partial charge >= 0.3 is 5.97 Å². The highest BCUT2D eigenvalue weighted by atomic mass is 16.5. The number of carboxylic acid groups (broad SMARTS) is 1. The highest BCUT2D eigenvalue weighted by Crippen LogP contribution is 2.26. The van der Waals surface area contributed by atoms with E-state index in [-0.39, 0.29) is 23.4 Å². The number of aryl methyl sites for hydroxylation is 1. The molecule has 0 saturated heterocycles.